The smallest absolute Gasteiger partial charge is 0.261 e. The number of nitrogens with zero attached hydrogens (tertiary/aromatic N) is 2. The number of halogens is 2. The van der Waals surface area contributed by atoms with Gasteiger partial charge in [-0.05, 0) is 50.2 Å². The number of amides is 3. The van der Waals surface area contributed by atoms with Gasteiger partial charge in [-0.2, -0.15) is 0 Å². The number of hydrogen-bond donors (Lipinski definition) is 2. The van der Waals surface area contributed by atoms with Crippen LogP contribution in [0.5, 0.6) is 0 Å². The number of nitrogens with one attached hydrogen (secondary N) is 2. The lowest BCUT2D eigenvalue weighted by atomic mass is 10.2. The molecule has 0 spiro atoms. The van der Waals surface area contributed by atoms with Gasteiger partial charge >= 0.3 is 0 Å². The molecule has 33 heavy (non-hydrogen) atoms. The molecule has 0 unspecified atom stereocenters. The van der Waals surface area contributed by atoms with Gasteiger partial charge in [-0.25, -0.2) is 4.39 Å². The molecule has 8 nitrogen and oxygen atoms in total. The topological polar surface area (TPSA) is 91.0 Å². The lowest BCUT2D eigenvalue weighted by Gasteiger charge is -2.28. The molecule has 4 rings (SSSR count). The van der Waals surface area contributed by atoms with Crippen LogP contribution in [0.2, 0.25) is 4.34 Å². The van der Waals surface area contributed by atoms with Crippen LogP contribution in [-0.4, -0.2) is 68.1 Å². The Morgan fingerprint density at radius 3 is 2.76 bits per heavy atom. The summed E-state index contributed by atoms with van der Waals surface area (Å²) in [6, 6.07) is 7.07. The van der Waals surface area contributed by atoms with Crippen LogP contribution < -0.4 is 15.5 Å². The number of anilines is 2. The molecule has 1 saturated heterocycles. The van der Waals surface area contributed by atoms with E-state index in [1.807, 2.05) is 11.9 Å². The second-order valence-electron chi connectivity index (χ2n) is 7.98. The van der Waals surface area contributed by atoms with Crippen molar-refractivity contribution in [2.45, 2.75) is 24.9 Å². The lowest BCUT2D eigenvalue weighted by molar-refractivity contribution is -0.125. The van der Waals surface area contributed by atoms with E-state index in [2.05, 4.69) is 10.6 Å². The monoisotopic (exact) mass is 494 g/mol. The second kappa shape index (κ2) is 10.2. The van der Waals surface area contributed by atoms with Crippen LogP contribution in [0.25, 0.3) is 0 Å². The van der Waals surface area contributed by atoms with Gasteiger partial charge < -0.3 is 20.3 Å². The third-order valence-electron chi connectivity index (χ3n) is 5.68. The van der Waals surface area contributed by atoms with E-state index < -0.39 is 17.8 Å². The van der Waals surface area contributed by atoms with Crippen LogP contribution in [-0.2, 0) is 14.3 Å². The summed E-state index contributed by atoms with van der Waals surface area (Å²) in [6.07, 6.45) is 1.93. The molecule has 0 radical (unpaired) electrons. The van der Waals surface area contributed by atoms with Crippen LogP contribution in [0, 0.1) is 5.82 Å². The Balaban J connectivity index is 1.43. The molecular formula is C22H24ClFN4O4S. The number of likely N-dealkylation sites (N-methyl/N-ethyl adjacent to an activating group) is 1. The van der Waals surface area contributed by atoms with Crippen molar-refractivity contribution in [1.29, 1.82) is 0 Å². The van der Waals surface area contributed by atoms with Crippen molar-refractivity contribution in [2.24, 2.45) is 0 Å². The summed E-state index contributed by atoms with van der Waals surface area (Å²) in [6.45, 7) is 0.742. The number of thiophene rings is 1. The number of ether oxygens (including phenoxy) is 1. The van der Waals surface area contributed by atoms with Gasteiger partial charge in [0, 0.05) is 24.8 Å². The lowest BCUT2D eigenvalue weighted by Crippen LogP contribution is -2.50. The minimum Gasteiger partial charge on any atom is -0.370 e. The largest absolute Gasteiger partial charge is 0.370 e. The molecule has 2 N–H and O–H groups in total. The zero-order chi connectivity index (χ0) is 23.5. The van der Waals surface area contributed by atoms with Gasteiger partial charge in [0.25, 0.3) is 11.8 Å². The highest BCUT2D eigenvalue weighted by Crippen LogP contribution is 2.28. The molecule has 2 fully saturated rings. The molecule has 1 aromatic heterocycles. The van der Waals surface area contributed by atoms with Crippen molar-refractivity contribution in [3.8, 4) is 0 Å². The SMILES string of the molecule is CN(C1CC1)[C@H](CNC(=O)c1ccc(Cl)s1)C(=O)Nc1ccc(N2CCOCC2=O)cc1F. The van der Waals surface area contributed by atoms with Crippen LogP contribution in [0.1, 0.15) is 22.5 Å². The number of benzene rings is 1. The molecule has 2 aliphatic rings. The third kappa shape index (κ3) is 5.70. The number of hydrogen-bond acceptors (Lipinski definition) is 6. The zero-order valence-electron chi connectivity index (χ0n) is 18.0. The standard InChI is InChI=1S/C22H24ClFN4O4S/c1-27(13-2-3-13)17(11-25-22(31)18-6-7-19(23)33-18)21(30)26-16-5-4-14(10-15(16)24)28-8-9-32-12-20(28)29/h4-7,10,13,17H,2-3,8-9,11-12H2,1H3,(H,25,31)(H,26,30)/t17-/m1/s1. The van der Waals surface area contributed by atoms with E-state index in [-0.39, 0.29) is 36.7 Å². The van der Waals surface area contributed by atoms with E-state index in [9.17, 15) is 18.8 Å². The quantitative estimate of drug-likeness (QED) is 0.589. The normalized spacial score (nSPS) is 17.2. The summed E-state index contributed by atoms with van der Waals surface area (Å²) < 4.78 is 20.4. The van der Waals surface area contributed by atoms with Gasteiger partial charge in [-0.15, -0.1) is 11.3 Å². The maximum atomic E-state index is 14.8. The predicted octanol–water partition coefficient (Wildman–Crippen LogP) is 2.74. The van der Waals surface area contributed by atoms with Crippen molar-refractivity contribution in [1.82, 2.24) is 10.2 Å². The fourth-order valence-electron chi connectivity index (χ4n) is 3.65. The summed E-state index contributed by atoms with van der Waals surface area (Å²) in [5, 5.41) is 5.40. The third-order valence-corrected chi connectivity index (χ3v) is 6.91. The van der Waals surface area contributed by atoms with Gasteiger partial charge in [-0.3, -0.25) is 19.3 Å². The molecule has 1 aromatic carbocycles. The summed E-state index contributed by atoms with van der Waals surface area (Å²) >= 11 is 7.05. The molecule has 3 amide bonds. The summed E-state index contributed by atoms with van der Waals surface area (Å²) in [4.78, 5) is 41.3. The molecule has 1 aliphatic carbocycles. The van der Waals surface area contributed by atoms with E-state index in [0.29, 0.717) is 28.1 Å². The van der Waals surface area contributed by atoms with Gasteiger partial charge in [0.2, 0.25) is 5.91 Å². The molecular weight excluding hydrogens is 471 g/mol. The summed E-state index contributed by atoms with van der Waals surface area (Å²) in [7, 11) is 1.82. The maximum Gasteiger partial charge on any atom is 0.261 e. The van der Waals surface area contributed by atoms with Crippen LogP contribution >= 0.6 is 22.9 Å². The zero-order valence-corrected chi connectivity index (χ0v) is 19.5. The van der Waals surface area contributed by atoms with E-state index in [0.717, 1.165) is 24.2 Å². The minimum atomic E-state index is -0.684. The van der Waals surface area contributed by atoms with Gasteiger partial charge in [0.05, 0.1) is 21.5 Å². The number of carbonyl (C=O) groups excluding carboxylic acids is 3. The Bertz CT molecular complexity index is 1060. The average molecular weight is 495 g/mol. The van der Waals surface area contributed by atoms with Crippen molar-refractivity contribution in [2.75, 3.05) is 43.6 Å². The number of rotatable bonds is 8. The van der Waals surface area contributed by atoms with Crippen molar-refractivity contribution in [3.05, 3.63) is 45.4 Å². The first-order valence-electron chi connectivity index (χ1n) is 10.6. The van der Waals surface area contributed by atoms with Crippen LogP contribution in [0.15, 0.2) is 30.3 Å². The summed E-state index contributed by atoms with van der Waals surface area (Å²) in [5.41, 5.74) is 0.419. The van der Waals surface area contributed by atoms with Crippen LogP contribution in [0.4, 0.5) is 15.8 Å². The predicted molar refractivity (Wildman–Crippen MR) is 124 cm³/mol. The highest BCUT2D eigenvalue weighted by molar-refractivity contribution is 7.18. The minimum absolute atomic E-state index is 0.00928. The first-order chi connectivity index (χ1) is 15.8. The maximum absolute atomic E-state index is 14.8. The Kier molecular flexibility index (Phi) is 7.28. The molecule has 1 atom stereocenters. The summed E-state index contributed by atoms with van der Waals surface area (Å²) in [5.74, 6) is -1.64. The molecule has 1 aliphatic heterocycles. The fourth-order valence-corrected chi connectivity index (χ4v) is 4.61. The van der Waals surface area contributed by atoms with E-state index in [1.165, 1.54) is 17.0 Å². The molecule has 1 saturated carbocycles. The number of morpholine rings is 1. The van der Waals surface area contributed by atoms with Crippen molar-refractivity contribution in [3.63, 3.8) is 0 Å². The van der Waals surface area contributed by atoms with Gasteiger partial charge in [0.1, 0.15) is 18.5 Å². The molecule has 11 heteroatoms. The van der Waals surface area contributed by atoms with Crippen molar-refractivity contribution >= 4 is 52.0 Å². The molecule has 176 valence electrons. The Hall–Kier alpha value is -2.53. The fraction of sp³-hybridized carbons (Fsp3) is 0.409. The molecule has 0 bridgehead atoms. The molecule has 2 heterocycles. The van der Waals surface area contributed by atoms with Gasteiger partial charge in [0.15, 0.2) is 0 Å². The first-order valence-corrected chi connectivity index (χ1v) is 11.8. The Labute approximate surface area is 199 Å². The van der Waals surface area contributed by atoms with Gasteiger partial charge in [-0.1, -0.05) is 11.6 Å². The average Bonchev–Trinajstić information content (AvgIpc) is 3.55. The number of carbonyl (C=O) groups is 3. The highest BCUT2D eigenvalue weighted by Gasteiger charge is 2.35. The van der Waals surface area contributed by atoms with E-state index in [4.69, 9.17) is 16.3 Å². The first kappa shape index (κ1) is 23.6. The van der Waals surface area contributed by atoms with Crippen molar-refractivity contribution < 1.29 is 23.5 Å². The molecule has 2 aromatic rings. The Morgan fingerprint density at radius 1 is 1.33 bits per heavy atom. The van der Waals surface area contributed by atoms with E-state index in [1.54, 1.807) is 18.2 Å². The second-order valence-corrected chi connectivity index (χ2v) is 9.69. The Morgan fingerprint density at radius 2 is 2.12 bits per heavy atom. The van der Waals surface area contributed by atoms with Crippen LogP contribution in [0.3, 0.4) is 0 Å². The van der Waals surface area contributed by atoms with E-state index >= 15 is 0 Å². The highest BCUT2D eigenvalue weighted by atomic mass is 35.5.